The number of carboxylic acids is 1. The molecule has 16 nitrogen and oxygen atoms in total. The van der Waals surface area contributed by atoms with Crippen molar-refractivity contribution in [1.82, 2.24) is 14.6 Å². The van der Waals surface area contributed by atoms with E-state index in [0.29, 0.717) is 4.57 Å². The van der Waals surface area contributed by atoms with Crippen LogP contribution in [0.25, 0.3) is 10.4 Å². The lowest BCUT2D eigenvalue weighted by molar-refractivity contribution is -0.138. The molecule has 2 rings (SSSR count). The van der Waals surface area contributed by atoms with Gasteiger partial charge in [-0.2, -0.15) is 0 Å². The van der Waals surface area contributed by atoms with Crippen LogP contribution in [0.5, 0.6) is 0 Å². The first-order valence-corrected chi connectivity index (χ1v) is 9.40. The highest BCUT2D eigenvalue weighted by Gasteiger charge is 2.56. The van der Waals surface area contributed by atoms with Crippen LogP contribution in [0.1, 0.15) is 13.2 Å². The number of aromatic amines is 1. The van der Waals surface area contributed by atoms with Crippen LogP contribution in [0.4, 0.5) is 0 Å². The molecule has 2 heterocycles. The van der Waals surface area contributed by atoms with E-state index in [1.54, 1.807) is 5.09 Å². The molecule has 6 N–H and O–H groups in total. The number of rotatable bonds is 8. The van der Waals surface area contributed by atoms with Crippen molar-refractivity contribution in [3.05, 3.63) is 43.5 Å². The number of hydrogen-bond acceptors (Lipinski definition) is 9. The third kappa shape index (κ3) is 4.72. The molecule has 1 aliphatic heterocycles. The summed E-state index contributed by atoms with van der Waals surface area (Å²) in [5.74, 6) is -1.47. The lowest BCUT2D eigenvalue weighted by atomic mass is 10.1. The summed E-state index contributed by atoms with van der Waals surface area (Å²) in [5, 5.41) is 34.2. The fraction of sp³-hybridized carbons (Fsp3) is 0.583. The van der Waals surface area contributed by atoms with Gasteiger partial charge in [-0.15, -0.1) is 0 Å². The number of nitrogens with zero attached hydrogens (tertiary/aromatic N) is 4. The summed E-state index contributed by atoms with van der Waals surface area (Å²) in [5.41, 5.74) is 4.32. The number of carboxylic acid groups (broad SMARTS) is 1. The fourth-order valence-electron chi connectivity index (χ4n) is 2.48. The number of ether oxygens (including phenoxy) is 1. The second kappa shape index (κ2) is 8.44. The Morgan fingerprint density at radius 1 is 1.59 bits per heavy atom. The van der Waals surface area contributed by atoms with Crippen LogP contribution in [0.3, 0.4) is 0 Å². The lowest BCUT2D eigenvalue weighted by Gasteiger charge is -2.27. The van der Waals surface area contributed by atoms with E-state index in [1.807, 2.05) is 0 Å². The van der Waals surface area contributed by atoms with Crippen molar-refractivity contribution in [3.63, 3.8) is 0 Å². The molecule has 0 saturated carbocycles. The summed E-state index contributed by atoms with van der Waals surface area (Å²) in [6.45, 7) is -0.0923. The molecule has 1 aromatic heterocycles. The first-order valence-electron chi connectivity index (χ1n) is 7.82. The standard InChI is InChI=1S/C12H17N6O10P/c1-5(10(22)23)15-29(25,26)27-4-12(16-17-13)8(21)7(20)9(28-12)18-6(19)2-3-14-11(18)24/h2-3,5,7-9,20-21H,4H2,1H3,(H,14,24)(H,22,23)(H2,15,25,26)/t5-,7+,8-,9+,12+/m0/s1. The van der Waals surface area contributed by atoms with Gasteiger partial charge >= 0.3 is 19.4 Å². The van der Waals surface area contributed by atoms with Crippen LogP contribution in [0, 0.1) is 0 Å². The summed E-state index contributed by atoms with van der Waals surface area (Å²) in [6.07, 6.45) is -4.87. The third-order valence-electron chi connectivity index (χ3n) is 3.93. The number of H-pyrrole nitrogens is 1. The van der Waals surface area contributed by atoms with Gasteiger partial charge in [0.2, 0.25) is 5.72 Å². The zero-order valence-electron chi connectivity index (χ0n) is 14.6. The zero-order valence-corrected chi connectivity index (χ0v) is 15.5. The smallest absolute Gasteiger partial charge is 0.403 e. The Kier molecular flexibility index (Phi) is 6.62. The maximum atomic E-state index is 12.0. The molecular weight excluding hydrogens is 419 g/mol. The summed E-state index contributed by atoms with van der Waals surface area (Å²) in [7, 11) is -4.80. The van der Waals surface area contributed by atoms with E-state index in [4.69, 9.17) is 15.4 Å². The SMILES string of the molecule is C[C@H](NP(=O)(O)OC[C@@]1(N=[N+]=[N-])O[C@@H](n2c(=O)cc[nH]c2=O)[C@H](O)[C@@H]1O)C(=O)O. The zero-order chi connectivity index (χ0) is 22.0. The highest BCUT2D eigenvalue weighted by atomic mass is 31.2. The Morgan fingerprint density at radius 2 is 2.24 bits per heavy atom. The molecule has 160 valence electrons. The Bertz CT molecular complexity index is 960. The van der Waals surface area contributed by atoms with Crippen LogP contribution in [0.15, 0.2) is 27.0 Å². The molecule has 0 aliphatic carbocycles. The molecule has 0 aromatic carbocycles. The number of carbonyl (C=O) groups is 1. The minimum absolute atomic E-state index is 0.395. The second-order valence-electron chi connectivity index (χ2n) is 5.95. The van der Waals surface area contributed by atoms with E-state index >= 15 is 0 Å². The highest BCUT2D eigenvalue weighted by Crippen LogP contribution is 2.43. The monoisotopic (exact) mass is 436 g/mol. The number of aliphatic hydroxyl groups is 2. The van der Waals surface area contributed by atoms with Crippen molar-refractivity contribution in [1.29, 1.82) is 0 Å². The summed E-state index contributed by atoms with van der Waals surface area (Å²) < 4.78 is 22.3. The minimum atomic E-state index is -4.80. The number of aromatic nitrogens is 2. The Hall–Kier alpha value is -2.55. The summed E-state index contributed by atoms with van der Waals surface area (Å²) in [4.78, 5) is 48.9. The average Bonchev–Trinajstić information content (AvgIpc) is 2.86. The molecule has 29 heavy (non-hydrogen) atoms. The first-order chi connectivity index (χ1) is 13.4. The molecule has 0 amide bonds. The fourth-order valence-corrected chi connectivity index (χ4v) is 3.51. The van der Waals surface area contributed by atoms with Gasteiger partial charge in [0.25, 0.3) is 5.56 Å². The van der Waals surface area contributed by atoms with Crippen molar-refractivity contribution in [2.45, 2.75) is 37.1 Å². The predicted octanol–water partition coefficient (Wildman–Crippen LogP) is -2.03. The molecule has 1 unspecified atom stereocenters. The van der Waals surface area contributed by atoms with Gasteiger partial charge in [-0.1, -0.05) is 5.11 Å². The van der Waals surface area contributed by atoms with Crippen LogP contribution >= 0.6 is 7.75 Å². The molecule has 0 bridgehead atoms. The normalized spacial score (nSPS) is 29.6. The maximum Gasteiger partial charge on any atom is 0.403 e. The van der Waals surface area contributed by atoms with Gasteiger partial charge in [-0.05, 0) is 12.5 Å². The molecule has 0 radical (unpaired) electrons. The second-order valence-corrected chi connectivity index (χ2v) is 7.51. The Balaban J connectivity index is 2.33. The van der Waals surface area contributed by atoms with Gasteiger partial charge in [0.1, 0.15) is 18.2 Å². The number of azide groups is 1. The molecular formula is C12H17N6O10P. The number of nitrogens with one attached hydrogen (secondary N) is 2. The van der Waals surface area contributed by atoms with Gasteiger partial charge in [-0.3, -0.25) is 14.1 Å². The average molecular weight is 436 g/mol. The molecule has 1 saturated heterocycles. The molecule has 1 aromatic rings. The van der Waals surface area contributed by atoms with Crippen LogP contribution in [-0.2, 0) is 18.6 Å². The van der Waals surface area contributed by atoms with Gasteiger partial charge in [-0.25, -0.2) is 19.0 Å². The van der Waals surface area contributed by atoms with E-state index in [1.165, 1.54) is 0 Å². The van der Waals surface area contributed by atoms with Gasteiger partial charge in [0.05, 0.1) is 6.61 Å². The quantitative estimate of drug-likeness (QED) is 0.112. The Morgan fingerprint density at radius 3 is 2.79 bits per heavy atom. The largest absolute Gasteiger partial charge is 0.480 e. The first kappa shape index (κ1) is 22.7. The number of aliphatic hydroxyl groups excluding tert-OH is 2. The lowest BCUT2D eigenvalue weighted by Crippen LogP contribution is -2.45. The van der Waals surface area contributed by atoms with Crippen LogP contribution in [0.2, 0.25) is 0 Å². The van der Waals surface area contributed by atoms with Gasteiger partial charge in [0, 0.05) is 17.2 Å². The number of hydrogen-bond donors (Lipinski definition) is 6. The van der Waals surface area contributed by atoms with Crippen molar-refractivity contribution in [3.8, 4) is 0 Å². The van der Waals surface area contributed by atoms with Crippen molar-refractivity contribution in [2.75, 3.05) is 6.61 Å². The predicted molar refractivity (Wildman–Crippen MR) is 91.3 cm³/mol. The van der Waals surface area contributed by atoms with E-state index in [9.17, 15) is 34.1 Å². The molecule has 1 aliphatic rings. The van der Waals surface area contributed by atoms with E-state index in [0.717, 1.165) is 19.2 Å². The van der Waals surface area contributed by atoms with Crippen molar-refractivity contribution in [2.24, 2.45) is 5.11 Å². The maximum absolute atomic E-state index is 12.0. The highest BCUT2D eigenvalue weighted by molar-refractivity contribution is 7.50. The Labute approximate surface area is 160 Å². The van der Waals surface area contributed by atoms with Gasteiger partial charge in [0.15, 0.2) is 6.23 Å². The van der Waals surface area contributed by atoms with Crippen molar-refractivity contribution >= 4 is 13.7 Å². The molecule has 0 spiro atoms. The summed E-state index contributed by atoms with van der Waals surface area (Å²) >= 11 is 0. The van der Waals surface area contributed by atoms with E-state index in [-0.39, 0.29) is 0 Å². The van der Waals surface area contributed by atoms with Gasteiger partial charge < -0.3 is 29.9 Å². The molecule has 6 atom stereocenters. The topological polar surface area (TPSA) is 249 Å². The van der Waals surface area contributed by atoms with E-state index < -0.39 is 61.8 Å². The van der Waals surface area contributed by atoms with E-state index in [2.05, 4.69) is 19.5 Å². The van der Waals surface area contributed by atoms with Crippen LogP contribution in [-0.4, -0.2) is 66.3 Å². The minimum Gasteiger partial charge on any atom is -0.480 e. The van der Waals surface area contributed by atoms with Crippen LogP contribution < -0.4 is 16.3 Å². The number of aliphatic carboxylic acids is 1. The van der Waals surface area contributed by atoms with Crippen molar-refractivity contribution < 1.29 is 38.8 Å². The molecule has 1 fully saturated rings. The summed E-state index contributed by atoms with van der Waals surface area (Å²) in [6, 6.07) is -0.581. The third-order valence-corrected chi connectivity index (χ3v) is 5.13. The molecule has 17 heteroatoms.